The number of hydrogen-bond acceptors (Lipinski definition) is 7. The van der Waals surface area contributed by atoms with Gasteiger partial charge in [0, 0.05) is 54.3 Å². The molecule has 3 atom stereocenters. The number of ether oxygens (including phenoxy) is 2. The van der Waals surface area contributed by atoms with Crippen molar-refractivity contribution in [2.45, 2.75) is 43.7 Å². The molecule has 196 valence electrons. The Morgan fingerprint density at radius 2 is 2.16 bits per heavy atom. The summed E-state index contributed by atoms with van der Waals surface area (Å²) < 4.78 is 25.4. The molecule has 0 radical (unpaired) electrons. The molecule has 1 heterocycles. The highest BCUT2D eigenvalue weighted by atomic mass is 19.1. The molecule has 1 fully saturated rings. The van der Waals surface area contributed by atoms with Gasteiger partial charge in [0.1, 0.15) is 17.8 Å². The van der Waals surface area contributed by atoms with Gasteiger partial charge in [-0.05, 0) is 49.4 Å². The van der Waals surface area contributed by atoms with Crippen molar-refractivity contribution < 1.29 is 33.7 Å². The van der Waals surface area contributed by atoms with Gasteiger partial charge in [-0.3, -0.25) is 14.9 Å². The molecule has 2 aliphatic rings. The van der Waals surface area contributed by atoms with Gasteiger partial charge in [0.15, 0.2) is 0 Å². The summed E-state index contributed by atoms with van der Waals surface area (Å²) in [5.74, 6) is -1.76. The maximum atomic E-state index is 14.8. The number of benzene rings is 2. The number of nitrogens with one attached hydrogen (secondary N) is 2. The Bertz CT molecular complexity index is 1230. The molecule has 4 N–H and O–H groups in total. The van der Waals surface area contributed by atoms with Gasteiger partial charge in [0.2, 0.25) is 5.91 Å². The number of carboxylic acids is 1. The Morgan fingerprint density at radius 3 is 2.89 bits per heavy atom. The number of rotatable bonds is 11. The summed E-state index contributed by atoms with van der Waals surface area (Å²) in [7, 11) is 1.53. The zero-order valence-electron chi connectivity index (χ0n) is 20.6. The van der Waals surface area contributed by atoms with Gasteiger partial charge in [-0.15, -0.1) is 0 Å². The lowest BCUT2D eigenvalue weighted by molar-refractivity contribution is -0.137. The molecule has 4 rings (SSSR count). The summed E-state index contributed by atoms with van der Waals surface area (Å²) in [6.07, 6.45) is 0.710. The van der Waals surface area contributed by atoms with Crippen LogP contribution in [-0.4, -0.2) is 49.0 Å². The van der Waals surface area contributed by atoms with Crippen LogP contribution in [-0.2, 0) is 26.2 Å². The molecular formula is C27H30FN3O6. The van der Waals surface area contributed by atoms with Gasteiger partial charge < -0.3 is 25.0 Å². The number of fused-ring (bicyclic) bond motifs is 2. The number of aliphatic hydroxyl groups excluding tert-OH is 1. The minimum Gasteiger partial charge on any atom is -0.493 e. The summed E-state index contributed by atoms with van der Waals surface area (Å²) in [5, 5.41) is 34.5. The maximum absolute atomic E-state index is 14.8. The average molecular weight is 512 g/mol. The zero-order valence-corrected chi connectivity index (χ0v) is 20.6. The molecule has 1 amide bonds. The average Bonchev–Trinajstić information content (AvgIpc) is 3.59. The quantitative estimate of drug-likeness (QED) is 0.267. The Kier molecular flexibility index (Phi) is 8.07. The summed E-state index contributed by atoms with van der Waals surface area (Å²) in [5.41, 5.74) is 1.85. The second-order valence-electron chi connectivity index (χ2n) is 9.45. The number of methoxy groups -OCH3 is 1. The van der Waals surface area contributed by atoms with Crippen LogP contribution in [0, 0.1) is 23.1 Å². The van der Waals surface area contributed by atoms with Crippen molar-refractivity contribution in [2.75, 3.05) is 32.2 Å². The maximum Gasteiger partial charge on any atom is 0.303 e. The van der Waals surface area contributed by atoms with E-state index in [1.54, 1.807) is 24.3 Å². The summed E-state index contributed by atoms with van der Waals surface area (Å²) >= 11 is 0. The predicted octanol–water partition coefficient (Wildman–Crippen LogP) is 3.01. The Morgan fingerprint density at radius 1 is 1.35 bits per heavy atom. The second-order valence-corrected chi connectivity index (χ2v) is 9.45. The van der Waals surface area contributed by atoms with Crippen molar-refractivity contribution >= 4 is 17.6 Å². The number of aryl methyl sites for hydroxylation is 1. The molecule has 1 aliphatic carbocycles. The van der Waals surface area contributed by atoms with E-state index >= 15 is 0 Å². The number of nitriles is 1. The lowest BCUT2D eigenvalue weighted by Gasteiger charge is -2.28. The molecule has 9 nitrogen and oxygen atoms in total. The summed E-state index contributed by atoms with van der Waals surface area (Å²) in [4.78, 5) is 24.3. The fourth-order valence-electron chi connectivity index (χ4n) is 5.03. The molecule has 2 aromatic rings. The zero-order chi connectivity index (χ0) is 26.6. The molecule has 2 unspecified atom stereocenters. The molecule has 1 spiro atoms. The highest BCUT2D eigenvalue weighted by Gasteiger charge is 2.61. The lowest BCUT2D eigenvalue weighted by Crippen LogP contribution is -2.29. The van der Waals surface area contributed by atoms with Crippen LogP contribution < -0.4 is 15.4 Å². The number of aliphatic hydroxyl groups is 1. The normalized spacial score (nSPS) is 20.4. The first-order valence-corrected chi connectivity index (χ1v) is 12.2. The third-order valence-corrected chi connectivity index (χ3v) is 7.10. The van der Waals surface area contributed by atoms with Crippen LogP contribution in [0.2, 0.25) is 0 Å². The van der Waals surface area contributed by atoms with Crippen molar-refractivity contribution in [3.63, 3.8) is 0 Å². The second kappa shape index (κ2) is 11.3. The van der Waals surface area contributed by atoms with Crippen molar-refractivity contribution in [3.8, 4) is 11.8 Å². The number of halogens is 1. The first kappa shape index (κ1) is 26.5. The number of amides is 1. The van der Waals surface area contributed by atoms with Gasteiger partial charge in [-0.25, -0.2) is 4.39 Å². The minimum absolute atomic E-state index is 0.000970. The van der Waals surface area contributed by atoms with E-state index in [-0.39, 0.29) is 17.9 Å². The van der Waals surface area contributed by atoms with Gasteiger partial charge in [-0.1, -0.05) is 6.07 Å². The van der Waals surface area contributed by atoms with Crippen LogP contribution in [0.4, 0.5) is 10.1 Å². The number of nitrogens with zero attached hydrogens (tertiary/aromatic N) is 1. The molecule has 0 aromatic heterocycles. The standard InChI is InChI=1S/C27H30FN3O6/c1-36-10-8-30-25(34)18-12-19-23(13-21(18)28)37-9-7-27(19)14-20(27)26(35)31-22-11-16(15-29)5-6-17(22)3-2-4-24(32)33/h5-6,11-13,20,25,30,34H,2-4,7-10,14H2,1H3,(H,31,35)(H,32,33)/t20-,25?,27?/m0/s1. The molecule has 10 heteroatoms. The first-order valence-electron chi connectivity index (χ1n) is 12.2. The number of carboxylic acid groups (broad SMARTS) is 1. The Balaban J connectivity index is 1.54. The molecule has 0 bridgehead atoms. The van der Waals surface area contributed by atoms with Crippen molar-refractivity contribution in [3.05, 3.63) is 58.4 Å². The summed E-state index contributed by atoms with van der Waals surface area (Å²) in [6.45, 7) is 1.02. The van der Waals surface area contributed by atoms with E-state index in [4.69, 9.17) is 14.6 Å². The number of anilines is 1. The fourth-order valence-corrected chi connectivity index (χ4v) is 5.03. The van der Waals surface area contributed by atoms with E-state index in [9.17, 15) is 24.3 Å². The predicted molar refractivity (Wildman–Crippen MR) is 131 cm³/mol. The van der Waals surface area contributed by atoms with E-state index in [0.717, 1.165) is 5.56 Å². The van der Waals surface area contributed by atoms with Gasteiger partial charge in [-0.2, -0.15) is 5.26 Å². The number of hydrogen-bond donors (Lipinski definition) is 4. The molecule has 37 heavy (non-hydrogen) atoms. The monoisotopic (exact) mass is 511 g/mol. The third kappa shape index (κ3) is 5.74. The highest BCUT2D eigenvalue weighted by Crippen LogP contribution is 2.61. The number of aliphatic carboxylic acids is 1. The van der Waals surface area contributed by atoms with Crippen LogP contribution in [0.1, 0.15) is 54.2 Å². The van der Waals surface area contributed by atoms with Crippen LogP contribution in [0.25, 0.3) is 0 Å². The van der Waals surface area contributed by atoms with Gasteiger partial charge in [0.25, 0.3) is 0 Å². The molecular weight excluding hydrogens is 481 g/mol. The van der Waals surface area contributed by atoms with Crippen molar-refractivity contribution in [1.29, 1.82) is 5.26 Å². The Labute approximate surface area is 214 Å². The highest BCUT2D eigenvalue weighted by molar-refractivity contribution is 5.97. The van der Waals surface area contributed by atoms with Crippen molar-refractivity contribution in [1.82, 2.24) is 5.32 Å². The van der Waals surface area contributed by atoms with Crippen LogP contribution in [0.15, 0.2) is 30.3 Å². The smallest absolute Gasteiger partial charge is 0.303 e. The molecule has 2 aromatic carbocycles. The molecule has 1 aliphatic heterocycles. The topological polar surface area (TPSA) is 141 Å². The van der Waals surface area contributed by atoms with E-state index in [2.05, 4.69) is 16.7 Å². The fraction of sp³-hybridized carbons (Fsp3) is 0.444. The largest absolute Gasteiger partial charge is 0.493 e. The van der Waals surface area contributed by atoms with E-state index in [1.807, 2.05) is 0 Å². The van der Waals surface area contributed by atoms with Crippen LogP contribution in [0.5, 0.6) is 5.75 Å². The van der Waals surface area contributed by atoms with E-state index in [1.165, 1.54) is 13.2 Å². The number of carbonyl (C=O) groups excluding carboxylic acids is 1. The SMILES string of the molecule is COCCNC(O)c1cc2c(cc1F)OCCC21C[C@H]1C(=O)Nc1cc(C#N)ccc1CCCC(=O)O. The summed E-state index contributed by atoms with van der Waals surface area (Å²) in [6, 6.07) is 9.87. The number of carbonyl (C=O) groups is 2. The van der Waals surface area contributed by atoms with Crippen LogP contribution in [0.3, 0.4) is 0 Å². The Hall–Kier alpha value is -3.52. The molecule has 1 saturated carbocycles. The lowest BCUT2D eigenvalue weighted by atomic mass is 9.86. The van der Waals surface area contributed by atoms with Gasteiger partial charge >= 0.3 is 5.97 Å². The van der Waals surface area contributed by atoms with E-state index in [0.29, 0.717) is 68.0 Å². The van der Waals surface area contributed by atoms with Gasteiger partial charge in [0.05, 0.1) is 24.8 Å². The van der Waals surface area contributed by atoms with Crippen molar-refractivity contribution in [2.24, 2.45) is 5.92 Å². The third-order valence-electron chi connectivity index (χ3n) is 7.10. The van der Waals surface area contributed by atoms with Crippen LogP contribution >= 0.6 is 0 Å². The first-order chi connectivity index (χ1) is 17.8. The van der Waals surface area contributed by atoms with E-state index < -0.39 is 29.3 Å². The molecule has 0 saturated heterocycles. The minimum atomic E-state index is -1.24.